The fraction of sp³-hybridized carbons (Fsp3) is 0.333. The Kier molecular flexibility index (Phi) is 4.49. The molecule has 0 saturated carbocycles. The van der Waals surface area contributed by atoms with E-state index in [1.54, 1.807) is 24.3 Å². The Morgan fingerprint density at radius 1 is 1.38 bits per heavy atom. The molecule has 0 radical (unpaired) electrons. The van der Waals surface area contributed by atoms with Crippen LogP contribution in [-0.4, -0.2) is 38.0 Å². The normalized spacial score (nSPS) is 9.88. The monoisotopic (exact) mass is 217 g/mol. The molecule has 0 aliphatic rings. The summed E-state index contributed by atoms with van der Waals surface area (Å²) >= 11 is 0. The van der Waals surface area contributed by atoms with Crippen LogP contribution in [0.5, 0.6) is 0 Å². The lowest BCUT2D eigenvalue weighted by molar-refractivity contribution is 0.0951. The van der Waals surface area contributed by atoms with E-state index in [-0.39, 0.29) is 5.91 Å². The van der Waals surface area contributed by atoms with Crippen LogP contribution in [0.15, 0.2) is 24.3 Å². The maximum absolute atomic E-state index is 11.6. The number of rotatable bonds is 4. The molecule has 1 amide bonds. The van der Waals surface area contributed by atoms with Crippen LogP contribution < -0.4 is 5.32 Å². The molecule has 0 atom stereocenters. The first-order valence-electron chi connectivity index (χ1n) is 5.06. The van der Waals surface area contributed by atoms with Gasteiger partial charge in [-0.2, -0.15) is 5.26 Å². The summed E-state index contributed by atoms with van der Waals surface area (Å²) in [5.74, 6) is -0.105. The van der Waals surface area contributed by atoms with Crippen molar-refractivity contribution in [1.82, 2.24) is 10.2 Å². The molecule has 4 heteroatoms. The average Bonchev–Trinajstić information content (AvgIpc) is 2.28. The third-order valence-corrected chi connectivity index (χ3v) is 2.12. The van der Waals surface area contributed by atoms with E-state index in [2.05, 4.69) is 5.32 Å². The number of nitriles is 1. The van der Waals surface area contributed by atoms with Gasteiger partial charge in [0, 0.05) is 18.7 Å². The highest BCUT2D eigenvalue weighted by molar-refractivity contribution is 5.94. The molecular formula is C12H15N3O. The van der Waals surface area contributed by atoms with Crippen LogP contribution in [0.4, 0.5) is 0 Å². The topological polar surface area (TPSA) is 56.1 Å². The molecule has 84 valence electrons. The van der Waals surface area contributed by atoms with Gasteiger partial charge in [-0.3, -0.25) is 4.79 Å². The largest absolute Gasteiger partial charge is 0.351 e. The van der Waals surface area contributed by atoms with Gasteiger partial charge in [-0.05, 0) is 38.4 Å². The number of benzene rings is 1. The van der Waals surface area contributed by atoms with E-state index in [1.165, 1.54) is 0 Å². The highest BCUT2D eigenvalue weighted by Gasteiger charge is 2.04. The second kappa shape index (κ2) is 5.89. The van der Waals surface area contributed by atoms with Crippen molar-refractivity contribution in [3.05, 3.63) is 35.4 Å². The van der Waals surface area contributed by atoms with Crippen molar-refractivity contribution in [3.63, 3.8) is 0 Å². The third-order valence-electron chi connectivity index (χ3n) is 2.12. The Morgan fingerprint density at radius 3 is 2.50 bits per heavy atom. The summed E-state index contributed by atoms with van der Waals surface area (Å²) in [4.78, 5) is 13.6. The zero-order chi connectivity index (χ0) is 12.0. The predicted molar refractivity (Wildman–Crippen MR) is 62.0 cm³/mol. The molecule has 1 aromatic rings. The fourth-order valence-corrected chi connectivity index (χ4v) is 1.19. The summed E-state index contributed by atoms with van der Waals surface area (Å²) in [7, 11) is 3.90. The van der Waals surface area contributed by atoms with Crippen molar-refractivity contribution in [3.8, 4) is 6.07 Å². The van der Waals surface area contributed by atoms with Crippen molar-refractivity contribution < 1.29 is 4.79 Å². The summed E-state index contributed by atoms with van der Waals surface area (Å²) in [6.45, 7) is 1.42. The van der Waals surface area contributed by atoms with E-state index in [9.17, 15) is 4.79 Å². The van der Waals surface area contributed by atoms with Crippen LogP contribution in [-0.2, 0) is 0 Å². The molecule has 0 aromatic heterocycles. The van der Waals surface area contributed by atoms with Crippen LogP contribution in [0.3, 0.4) is 0 Å². The van der Waals surface area contributed by atoms with Gasteiger partial charge in [0.1, 0.15) is 0 Å². The van der Waals surface area contributed by atoms with Crippen LogP contribution in [0.25, 0.3) is 0 Å². The smallest absolute Gasteiger partial charge is 0.251 e. The van der Waals surface area contributed by atoms with Gasteiger partial charge in [-0.1, -0.05) is 0 Å². The standard InChI is InChI=1S/C12H15N3O/c1-15(2)8-7-14-12(16)11-5-3-10(9-13)4-6-11/h3-6H,7-8H2,1-2H3,(H,14,16). The average molecular weight is 217 g/mol. The summed E-state index contributed by atoms with van der Waals surface area (Å²) < 4.78 is 0. The zero-order valence-electron chi connectivity index (χ0n) is 9.53. The van der Waals surface area contributed by atoms with E-state index < -0.39 is 0 Å². The number of amides is 1. The molecule has 0 aliphatic heterocycles. The Labute approximate surface area is 95.5 Å². The number of carbonyl (C=O) groups excluding carboxylic acids is 1. The Bertz CT molecular complexity index is 390. The predicted octanol–water partition coefficient (Wildman–Crippen LogP) is 0.850. The first-order chi connectivity index (χ1) is 7.63. The molecule has 0 heterocycles. The van der Waals surface area contributed by atoms with Gasteiger partial charge in [0.2, 0.25) is 0 Å². The molecule has 0 bridgehead atoms. The number of nitrogens with one attached hydrogen (secondary N) is 1. The van der Waals surface area contributed by atoms with E-state index in [0.29, 0.717) is 17.7 Å². The lowest BCUT2D eigenvalue weighted by Crippen LogP contribution is -2.31. The number of carbonyl (C=O) groups is 1. The van der Waals surface area contributed by atoms with Crippen LogP contribution >= 0.6 is 0 Å². The van der Waals surface area contributed by atoms with Crippen LogP contribution in [0.1, 0.15) is 15.9 Å². The molecule has 16 heavy (non-hydrogen) atoms. The number of nitrogens with zero attached hydrogens (tertiary/aromatic N) is 2. The number of likely N-dealkylation sites (N-methyl/N-ethyl adjacent to an activating group) is 1. The van der Waals surface area contributed by atoms with Gasteiger partial charge in [-0.25, -0.2) is 0 Å². The minimum absolute atomic E-state index is 0.105. The number of hydrogen-bond donors (Lipinski definition) is 1. The summed E-state index contributed by atoms with van der Waals surface area (Å²) in [5, 5.41) is 11.4. The molecule has 0 spiro atoms. The molecule has 0 saturated heterocycles. The lowest BCUT2D eigenvalue weighted by Gasteiger charge is -2.10. The molecule has 0 fully saturated rings. The molecule has 0 aliphatic carbocycles. The molecule has 1 rings (SSSR count). The highest BCUT2D eigenvalue weighted by Crippen LogP contribution is 2.02. The molecule has 1 aromatic carbocycles. The van der Waals surface area contributed by atoms with E-state index in [1.807, 2.05) is 25.1 Å². The minimum atomic E-state index is -0.105. The molecule has 4 nitrogen and oxygen atoms in total. The van der Waals surface area contributed by atoms with Crippen molar-refractivity contribution in [2.24, 2.45) is 0 Å². The van der Waals surface area contributed by atoms with Crippen LogP contribution in [0.2, 0.25) is 0 Å². The third kappa shape index (κ3) is 3.71. The quantitative estimate of drug-likeness (QED) is 0.813. The van der Waals surface area contributed by atoms with Crippen molar-refractivity contribution in [2.45, 2.75) is 0 Å². The number of hydrogen-bond acceptors (Lipinski definition) is 3. The SMILES string of the molecule is CN(C)CCNC(=O)c1ccc(C#N)cc1. The van der Waals surface area contributed by atoms with Crippen molar-refractivity contribution in [1.29, 1.82) is 5.26 Å². The van der Waals surface area contributed by atoms with Crippen LogP contribution in [0, 0.1) is 11.3 Å². The van der Waals surface area contributed by atoms with E-state index in [4.69, 9.17) is 5.26 Å². The Morgan fingerprint density at radius 2 is 2.00 bits per heavy atom. The second-order valence-corrected chi connectivity index (χ2v) is 3.75. The van der Waals surface area contributed by atoms with E-state index in [0.717, 1.165) is 6.54 Å². The molecule has 1 N–H and O–H groups in total. The first kappa shape index (κ1) is 12.2. The van der Waals surface area contributed by atoms with Gasteiger partial charge in [0.05, 0.1) is 11.6 Å². The van der Waals surface area contributed by atoms with Crippen molar-refractivity contribution >= 4 is 5.91 Å². The summed E-state index contributed by atoms with van der Waals surface area (Å²) in [6.07, 6.45) is 0. The molecular weight excluding hydrogens is 202 g/mol. The first-order valence-corrected chi connectivity index (χ1v) is 5.06. The highest BCUT2D eigenvalue weighted by atomic mass is 16.1. The fourth-order valence-electron chi connectivity index (χ4n) is 1.19. The summed E-state index contributed by atoms with van der Waals surface area (Å²) in [6, 6.07) is 8.60. The lowest BCUT2D eigenvalue weighted by atomic mass is 10.1. The maximum atomic E-state index is 11.6. The van der Waals surface area contributed by atoms with Crippen molar-refractivity contribution in [2.75, 3.05) is 27.2 Å². The Hall–Kier alpha value is -1.86. The second-order valence-electron chi connectivity index (χ2n) is 3.75. The zero-order valence-corrected chi connectivity index (χ0v) is 9.53. The van der Waals surface area contributed by atoms with Gasteiger partial charge >= 0.3 is 0 Å². The molecule has 0 unspecified atom stereocenters. The van der Waals surface area contributed by atoms with Gasteiger partial charge in [0.25, 0.3) is 5.91 Å². The summed E-state index contributed by atoms with van der Waals surface area (Å²) in [5.41, 5.74) is 1.14. The van der Waals surface area contributed by atoms with Gasteiger partial charge in [-0.15, -0.1) is 0 Å². The Balaban J connectivity index is 2.50. The maximum Gasteiger partial charge on any atom is 0.251 e. The van der Waals surface area contributed by atoms with Gasteiger partial charge in [0.15, 0.2) is 0 Å². The van der Waals surface area contributed by atoms with E-state index >= 15 is 0 Å². The minimum Gasteiger partial charge on any atom is -0.351 e. The van der Waals surface area contributed by atoms with Gasteiger partial charge < -0.3 is 10.2 Å².